The lowest BCUT2D eigenvalue weighted by molar-refractivity contribution is 0.0980. The van der Waals surface area contributed by atoms with Crippen molar-refractivity contribution in [3.63, 3.8) is 0 Å². The molecular formula is C21H24N2O3. The number of ether oxygens (including phenoxy) is 3. The highest BCUT2D eigenvalue weighted by Crippen LogP contribution is 2.31. The Hall–Kier alpha value is -3.13. The maximum atomic E-state index is 9.50. The number of hydrogen-bond acceptors (Lipinski definition) is 4. The molecule has 5 heteroatoms. The Morgan fingerprint density at radius 2 is 2.08 bits per heavy atom. The minimum absolute atomic E-state index is 0.193. The van der Waals surface area contributed by atoms with Gasteiger partial charge in [-0.1, -0.05) is 20.4 Å². The molecule has 1 aliphatic heterocycles. The molecule has 0 aliphatic carbocycles. The highest BCUT2D eigenvalue weighted by Gasteiger charge is 2.16. The number of rotatable bonds is 3. The lowest BCUT2D eigenvalue weighted by Crippen LogP contribution is -1.97. The van der Waals surface area contributed by atoms with Crippen molar-refractivity contribution in [3.8, 4) is 11.8 Å². The number of benzene rings is 1. The van der Waals surface area contributed by atoms with Crippen LogP contribution in [0.1, 0.15) is 32.0 Å². The predicted octanol–water partition coefficient (Wildman–Crippen LogP) is 5.12. The summed E-state index contributed by atoms with van der Waals surface area (Å²) >= 11 is 0. The number of allylic oxidation sites excluding steroid dienone is 3. The smallest absolute Gasteiger partial charge is 0.231 e. The molecule has 0 amide bonds. The SMILES string of the molecule is C=C1OCO/C1=C/C=C(\C)n1c(C)c(C#N)c2ccc(OC)cc21.CC. The van der Waals surface area contributed by atoms with Gasteiger partial charge in [0, 0.05) is 22.8 Å². The van der Waals surface area contributed by atoms with Gasteiger partial charge in [-0.05, 0) is 38.1 Å². The lowest BCUT2D eigenvalue weighted by Gasteiger charge is -2.09. The molecule has 0 N–H and O–H groups in total. The predicted molar refractivity (Wildman–Crippen MR) is 103 cm³/mol. The lowest BCUT2D eigenvalue weighted by atomic mass is 10.1. The fourth-order valence-electron chi connectivity index (χ4n) is 2.85. The molecule has 0 unspecified atom stereocenters. The van der Waals surface area contributed by atoms with Crippen LogP contribution in [0.15, 0.2) is 48.4 Å². The first-order chi connectivity index (χ1) is 12.6. The number of aromatic nitrogens is 1. The van der Waals surface area contributed by atoms with Gasteiger partial charge in [0.15, 0.2) is 11.5 Å². The van der Waals surface area contributed by atoms with E-state index in [2.05, 4.69) is 12.6 Å². The molecule has 1 saturated heterocycles. The van der Waals surface area contributed by atoms with E-state index in [9.17, 15) is 5.26 Å². The van der Waals surface area contributed by atoms with E-state index in [4.69, 9.17) is 14.2 Å². The highest BCUT2D eigenvalue weighted by molar-refractivity contribution is 5.91. The Morgan fingerprint density at radius 1 is 1.35 bits per heavy atom. The van der Waals surface area contributed by atoms with E-state index in [1.807, 2.05) is 62.6 Å². The summed E-state index contributed by atoms with van der Waals surface area (Å²) in [5, 5.41) is 10.4. The molecule has 1 aromatic heterocycles. The third-order valence-electron chi connectivity index (χ3n) is 4.08. The monoisotopic (exact) mass is 352 g/mol. The second-order valence-corrected chi connectivity index (χ2v) is 5.46. The van der Waals surface area contributed by atoms with Gasteiger partial charge in [-0.25, -0.2) is 0 Å². The molecule has 2 heterocycles. The minimum atomic E-state index is 0.193. The van der Waals surface area contributed by atoms with E-state index in [0.717, 1.165) is 28.0 Å². The van der Waals surface area contributed by atoms with E-state index in [-0.39, 0.29) is 6.79 Å². The molecule has 2 aromatic rings. The van der Waals surface area contributed by atoms with Crippen molar-refractivity contribution < 1.29 is 14.2 Å². The first kappa shape index (κ1) is 19.2. The van der Waals surface area contributed by atoms with Gasteiger partial charge >= 0.3 is 0 Å². The summed E-state index contributed by atoms with van der Waals surface area (Å²) in [4.78, 5) is 0. The number of methoxy groups -OCH3 is 1. The molecule has 0 bridgehead atoms. The third kappa shape index (κ3) is 3.45. The molecule has 1 aromatic carbocycles. The average Bonchev–Trinajstić information content (AvgIpc) is 3.20. The second-order valence-electron chi connectivity index (χ2n) is 5.46. The van der Waals surface area contributed by atoms with Crippen molar-refractivity contribution >= 4 is 16.6 Å². The maximum Gasteiger partial charge on any atom is 0.231 e. The molecular weight excluding hydrogens is 328 g/mol. The van der Waals surface area contributed by atoms with Crippen LogP contribution in [-0.2, 0) is 9.47 Å². The quantitative estimate of drug-likeness (QED) is 0.769. The molecule has 5 nitrogen and oxygen atoms in total. The zero-order chi connectivity index (χ0) is 19.3. The molecule has 0 saturated carbocycles. The largest absolute Gasteiger partial charge is 0.497 e. The van der Waals surface area contributed by atoms with Crippen LogP contribution in [0.25, 0.3) is 16.6 Å². The van der Waals surface area contributed by atoms with Crippen LogP contribution >= 0.6 is 0 Å². The van der Waals surface area contributed by atoms with Gasteiger partial charge in [-0.3, -0.25) is 0 Å². The van der Waals surface area contributed by atoms with Crippen molar-refractivity contribution in [3.05, 3.63) is 59.7 Å². The van der Waals surface area contributed by atoms with Gasteiger partial charge in [-0.2, -0.15) is 5.26 Å². The van der Waals surface area contributed by atoms with Gasteiger partial charge in [0.1, 0.15) is 11.8 Å². The fourth-order valence-corrected chi connectivity index (χ4v) is 2.85. The number of nitrogens with zero attached hydrogens (tertiary/aromatic N) is 2. The third-order valence-corrected chi connectivity index (χ3v) is 4.08. The van der Waals surface area contributed by atoms with Crippen LogP contribution in [-0.4, -0.2) is 18.5 Å². The maximum absolute atomic E-state index is 9.50. The van der Waals surface area contributed by atoms with Gasteiger partial charge in [-0.15, -0.1) is 0 Å². The van der Waals surface area contributed by atoms with Crippen LogP contribution in [0.2, 0.25) is 0 Å². The van der Waals surface area contributed by atoms with Crippen LogP contribution in [0.3, 0.4) is 0 Å². The highest BCUT2D eigenvalue weighted by atomic mass is 16.7. The normalized spacial score (nSPS) is 15.2. The summed E-state index contributed by atoms with van der Waals surface area (Å²) in [7, 11) is 1.63. The summed E-state index contributed by atoms with van der Waals surface area (Å²) in [6.07, 6.45) is 3.74. The van der Waals surface area contributed by atoms with Crippen LogP contribution in [0, 0.1) is 18.3 Å². The summed E-state index contributed by atoms with van der Waals surface area (Å²) < 4.78 is 17.9. The minimum Gasteiger partial charge on any atom is -0.497 e. The average molecular weight is 352 g/mol. The second kappa shape index (κ2) is 8.30. The van der Waals surface area contributed by atoms with Crippen LogP contribution < -0.4 is 4.74 Å². The zero-order valence-corrected chi connectivity index (χ0v) is 15.9. The number of nitriles is 1. The van der Waals surface area contributed by atoms with Crippen molar-refractivity contribution in [2.24, 2.45) is 0 Å². The summed E-state index contributed by atoms with van der Waals surface area (Å²) in [5.74, 6) is 1.88. The molecule has 0 spiro atoms. The Morgan fingerprint density at radius 3 is 2.65 bits per heavy atom. The van der Waals surface area contributed by atoms with Crippen molar-refractivity contribution in [2.45, 2.75) is 27.7 Å². The van der Waals surface area contributed by atoms with Crippen molar-refractivity contribution in [1.29, 1.82) is 5.26 Å². The van der Waals surface area contributed by atoms with E-state index < -0.39 is 0 Å². The fraction of sp³-hybridized carbons (Fsp3) is 0.286. The van der Waals surface area contributed by atoms with Crippen LogP contribution in [0.4, 0.5) is 0 Å². The van der Waals surface area contributed by atoms with Gasteiger partial charge in [0.2, 0.25) is 6.79 Å². The van der Waals surface area contributed by atoms with Crippen molar-refractivity contribution in [1.82, 2.24) is 4.57 Å². The summed E-state index contributed by atoms with van der Waals surface area (Å²) in [6.45, 7) is 11.9. The summed E-state index contributed by atoms with van der Waals surface area (Å²) in [5.41, 5.74) is 3.43. The molecule has 1 fully saturated rings. The van der Waals surface area contributed by atoms with E-state index >= 15 is 0 Å². The molecule has 26 heavy (non-hydrogen) atoms. The van der Waals surface area contributed by atoms with E-state index in [0.29, 0.717) is 17.1 Å². The Labute approximate surface area is 154 Å². The summed E-state index contributed by atoms with van der Waals surface area (Å²) in [6, 6.07) is 8.00. The molecule has 1 aliphatic rings. The first-order valence-corrected chi connectivity index (χ1v) is 8.49. The molecule has 136 valence electrons. The topological polar surface area (TPSA) is 56.4 Å². The van der Waals surface area contributed by atoms with Crippen LogP contribution in [0.5, 0.6) is 5.75 Å². The Balaban J connectivity index is 0.00000117. The molecule has 0 radical (unpaired) electrons. The van der Waals surface area contributed by atoms with Gasteiger partial charge in [0.05, 0.1) is 18.2 Å². The van der Waals surface area contributed by atoms with Crippen molar-refractivity contribution in [2.75, 3.05) is 13.9 Å². The zero-order valence-electron chi connectivity index (χ0n) is 15.9. The van der Waals surface area contributed by atoms with E-state index in [1.54, 1.807) is 7.11 Å². The number of hydrogen-bond donors (Lipinski definition) is 0. The molecule has 3 rings (SSSR count). The number of fused-ring (bicyclic) bond motifs is 1. The Kier molecular flexibility index (Phi) is 6.13. The van der Waals surface area contributed by atoms with Gasteiger partial charge in [0.25, 0.3) is 0 Å². The molecule has 0 atom stereocenters. The first-order valence-electron chi connectivity index (χ1n) is 8.49. The van der Waals surface area contributed by atoms with Gasteiger partial charge < -0.3 is 18.8 Å². The van der Waals surface area contributed by atoms with E-state index in [1.165, 1.54) is 0 Å². The standard InChI is InChI=1S/C19H18N2O3.C2H6/c1-12(5-8-19-14(3)23-11-24-19)21-13(2)17(10-20)16-7-6-15(22-4)9-18(16)21;1-2/h5-9H,3,11H2,1-2,4H3;1-2H3/b12-5+,19-8+;. The Bertz CT molecular complexity index is 927.